The summed E-state index contributed by atoms with van der Waals surface area (Å²) in [5.41, 5.74) is 1.72. The van der Waals surface area contributed by atoms with Crippen molar-refractivity contribution >= 4 is 15.9 Å². The molecular weight excluding hydrogens is 324 g/mol. The molecule has 0 saturated carbocycles. The van der Waals surface area contributed by atoms with Crippen molar-refractivity contribution in [1.82, 2.24) is 4.90 Å². The fourth-order valence-corrected chi connectivity index (χ4v) is 3.76. The van der Waals surface area contributed by atoms with Crippen LogP contribution in [0.5, 0.6) is 0 Å². The van der Waals surface area contributed by atoms with Crippen LogP contribution in [0.4, 0.5) is 0 Å². The quantitative estimate of drug-likeness (QED) is 0.769. The van der Waals surface area contributed by atoms with E-state index in [1.54, 1.807) is 0 Å². The first-order valence-corrected chi connectivity index (χ1v) is 8.50. The molecule has 1 aliphatic rings. The van der Waals surface area contributed by atoms with Crippen LogP contribution in [0.1, 0.15) is 45.6 Å². The van der Waals surface area contributed by atoms with Gasteiger partial charge in [-0.15, -0.1) is 0 Å². The Kier molecular flexibility index (Phi) is 5.11. The molecule has 0 amide bonds. The Balaban J connectivity index is 2.03. The first-order valence-electron chi connectivity index (χ1n) is 7.71. The Labute approximate surface area is 137 Å². The smallest absolute Gasteiger partial charge is 0.0627 e. The van der Waals surface area contributed by atoms with Gasteiger partial charge < -0.3 is 0 Å². The van der Waals surface area contributed by atoms with E-state index in [0.29, 0.717) is 6.42 Å². The van der Waals surface area contributed by atoms with Crippen LogP contribution >= 0.6 is 15.9 Å². The number of nitrogens with zero attached hydrogens (tertiary/aromatic N) is 2. The molecule has 2 rings (SSSR count). The molecule has 0 spiro atoms. The summed E-state index contributed by atoms with van der Waals surface area (Å²) in [4.78, 5) is 2.52. The highest BCUT2D eigenvalue weighted by atomic mass is 79.9. The summed E-state index contributed by atoms with van der Waals surface area (Å²) in [5, 5.41) is 9.21. The molecular formula is C18H25BrN2. The van der Waals surface area contributed by atoms with Crippen LogP contribution in [0.15, 0.2) is 28.7 Å². The summed E-state index contributed by atoms with van der Waals surface area (Å²) in [6.07, 6.45) is 2.92. The number of piperidine rings is 1. The van der Waals surface area contributed by atoms with Crippen LogP contribution < -0.4 is 0 Å². The van der Waals surface area contributed by atoms with E-state index in [9.17, 15) is 5.26 Å². The van der Waals surface area contributed by atoms with Gasteiger partial charge in [0.2, 0.25) is 0 Å². The van der Waals surface area contributed by atoms with E-state index < -0.39 is 0 Å². The lowest BCUT2D eigenvalue weighted by molar-refractivity contribution is 0.00705. The van der Waals surface area contributed by atoms with Crippen molar-refractivity contribution in [2.45, 2.75) is 46.6 Å². The lowest BCUT2D eigenvalue weighted by Gasteiger charge is -2.49. The van der Waals surface area contributed by atoms with E-state index in [2.05, 4.69) is 71.9 Å². The van der Waals surface area contributed by atoms with Crippen molar-refractivity contribution in [1.29, 1.82) is 5.26 Å². The second-order valence-electron chi connectivity index (χ2n) is 7.23. The third kappa shape index (κ3) is 3.67. The molecule has 0 unspecified atom stereocenters. The molecule has 0 radical (unpaired) electrons. The summed E-state index contributed by atoms with van der Waals surface area (Å²) in [5.74, 6) is 0. The number of hydrogen-bond acceptors (Lipinski definition) is 2. The molecule has 1 heterocycles. The first kappa shape index (κ1) is 16.5. The molecule has 21 heavy (non-hydrogen) atoms. The predicted molar refractivity (Wildman–Crippen MR) is 90.8 cm³/mol. The van der Waals surface area contributed by atoms with Crippen LogP contribution in [0.2, 0.25) is 0 Å². The summed E-state index contributed by atoms with van der Waals surface area (Å²) in [6, 6.07) is 10.9. The van der Waals surface area contributed by atoms with E-state index in [-0.39, 0.29) is 10.8 Å². The van der Waals surface area contributed by atoms with Gasteiger partial charge in [-0.25, -0.2) is 0 Å². The SMILES string of the molecule is CC(C)(C)C1(CC#N)CCN(Cc2ccccc2Br)CC1. The standard InChI is InChI=1S/C18H25BrN2/c1-17(2,3)18(8-11-20)9-12-21(13-10-18)14-15-6-4-5-7-16(15)19/h4-7H,8-10,12-14H2,1-3H3. The Morgan fingerprint density at radius 3 is 2.38 bits per heavy atom. The molecule has 1 saturated heterocycles. The van der Waals surface area contributed by atoms with Crippen LogP contribution in [0, 0.1) is 22.2 Å². The maximum absolute atomic E-state index is 9.21. The Hall–Kier alpha value is -0.850. The highest BCUT2D eigenvalue weighted by molar-refractivity contribution is 9.10. The van der Waals surface area contributed by atoms with Crippen LogP contribution in [-0.4, -0.2) is 18.0 Å². The Morgan fingerprint density at radius 2 is 1.86 bits per heavy atom. The van der Waals surface area contributed by atoms with Crippen molar-refractivity contribution in [2.24, 2.45) is 10.8 Å². The van der Waals surface area contributed by atoms with Crippen LogP contribution in [0.25, 0.3) is 0 Å². The molecule has 0 atom stereocenters. The van der Waals surface area contributed by atoms with Gasteiger partial charge in [0.15, 0.2) is 0 Å². The Bertz CT molecular complexity index is 517. The zero-order chi connectivity index (χ0) is 15.5. The lowest BCUT2D eigenvalue weighted by Crippen LogP contribution is -2.46. The molecule has 3 heteroatoms. The maximum Gasteiger partial charge on any atom is 0.0627 e. The molecule has 0 aliphatic carbocycles. The highest BCUT2D eigenvalue weighted by Crippen LogP contribution is 2.49. The van der Waals surface area contributed by atoms with Gasteiger partial charge in [0.25, 0.3) is 0 Å². The topological polar surface area (TPSA) is 27.0 Å². The minimum atomic E-state index is 0.173. The lowest BCUT2D eigenvalue weighted by atomic mass is 9.60. The van der Waals surface area contributed by atoms with Gasteiger partial charge in [0.05, 0.1) is 6.07 Å². The average Bonchev–Trinajstić information content (AvgIpc) is 2.42. The van der Waals surface area contributed by atoms with Crippen molar-refractivity contribution in [2.75, 3.05) is 13.1 Å². The molecule has 0 N–H and O–H groups in total. The minimum absolute atomic E-state index is 0.173. The normalized spacial score (nSPS) is 19.2. The second-order valence-corrected chi connectivity index (χ2v) is 8.09. The van der Waals surface area contributed by atoms with Gasteiger partial charge in [-0.05, 0) is 48.4 Å². The molecule has 0 aromatic heterocycles. The maximum atomic E-state index is 9.21. The minimum Gasteiger partial charge on any atom is -0.299 e. The van der Waals surface area contributed by atoms with Gasteiger partial charge in [-0.3, -0.25) is 4.90 Å². The van der Waals surface area contributed by atoms with E-state index in [1.165, 1.54) is 10.0 Å². The summed E-state index contributed by atoms with van der Waals surface area (Å²) >= 11 is 3.63. The Morgan fingerprint density at radius 1 is 1.24 bits per heavy atom. The fourth-order valence-electron chi connectivity index (χ4n) is 3.35. The molecule has 1 fully saturated rings. The van der Waals surface area contributed by atoms with Gasteiger partial charge in [-0.1, -0.05) is 54.9 Å². The molecule has 1 aromatic rings. The van der Waals surface area contributed by atoms with Gasteiger partial charge in [0.1, 0.15) is 0 Å². The van der Waals surface area contributed by atoms with E-state index in [1.807, 2.05) is 0 Å². The molecule has 0 bridgehead atoms. The molecule has 114 valence electrons. The number of hydrogen-bond donors (Lipinski definition) is 0. The third-order valence-corrected chi connectivity index (χ3v) is 5.95. The fraction of sp³-hybridized carbons (Fsp3) is 0.611. The predicted octanol–water partition coefficient (Wildman–Crippen LogP) is 4.99. The van der Waals surface area contributed by atoms with Gasteiger partial charge in [-0.2, -0.15) is 5.26 Å². The summed E-state index contributed by atoms with van der Waals surface area (Å²) in [7, 11) is 0. The van der Waals surface area contributed by atoms with Crippen molar-refractivity contribution in [3.63, 3.8) is 0 Å². The van der Waals surface area contributed by atoms with E-state index in [4.69, 9.17) is 0 Å². The van der Waals surface area contributed by atoms with Crippen LogP contribution in [-0.2, 0) is 6.54 Å². The zero-order valence-corrected chi connectivity index (χ0v) is 14.9. The summed E-state index contributed by atoms with van der Waals surface area (Å²) < 4.78 is 1.19. The molecule has 1 aliphatic heterocycles. The monoisotopic (exact) mass is 348 g/mol. The largest absolute Gasteiger partial charge is 0.299 e. The van der Waals surface area contributed by atoms with Gasteiger partial charge in [0, 0.05) is 17.4 Å². The summed E-state index contributed by atoms with van der Waals surface area (Å²) in [6.45, 7) is 10.0. The first-order chi connectivity index (χ1) is 9.88. The number of halogens is 1. The third-order valence-electron chi connectivity index (χ3n) is 5.17. The van der Waals surface area contributed by atoms with E-state index >= 15 is 0 Å². The second kappa shape index (κ2) is 6.50. The number of likely N-dealkylation sites (tertiary alicyclic amines) is 1. The molecule has 1 aromatic carbocycles. The number of nitriles is 1. The van der Waals surface area contributed by atoms with Crippen molar-refractivity contribution in [3.05, 3.63) is 34.3 Å². The highest BCUT2D eigenvalue weighted by Gasteiger charge is 2.43. The molecule has 2 nitrogen and oxygen atoms in total. The van der Waals surface area contributed by atoms with E-state index in [0.717, 1.165) is 32.5 Å². The van der Waals surface area contributed by atoms with Crippen molar-refractivity contribution in [3.8, 4) is 6.07 Å². The number of rotatable bonds is 3. The average molecular weight is 349 g/mol. The number of benzene rings is 1. The van der Waals surface area contributed by atoms with Crippen LogP contribution in [0.3, 0.4) is 0 Å². The van der Waals surface area contributed by atoms with Gasteiger partial charge >= 0.3 is 0 Å². The van der Waals surface area contributed by atoms with Crippen molar-refractivity contribution < 1.29 is 0 Å². The zero-order valence-electron chi connectivity index (χ0n) is 13.3.